The highest BCUT2D eigenvalue weighted by Crippen LogP contribution is 2.36. The maximum absolute atomic E-state index is 12.6. The minimum atomic E-state index is -0.0466. The monoisotopic (exact) mass is 791 g/mol. The first-order valence-electron chi connectivity index (χ1n) is 24.2. The lowest BCUT2D eigenvalue weighted by molar-refractivity contribution is -0.150. The van der Waals surface area contributed by atoms with Crippen molar-refractivity contribution in [3.63, 3.8) is 0 Å². The Balaban J connectivity index is 1.45. The fraction of sp³-hybridized carbons (Fsp3) is 0.938. The van der Waals surface area contributed by atoms with Gasteiger partial charge in [-0.2, -0.15) is 0 Å². The van der Waals surface area contributed by atoms with E-state index < -0.39 is 0 Å². The number of carbonyl (C=O) groups is 3. The Hall–Kier alpha value is -1.67. The van der Waals surface area contributed by atoms with Crippen LogP contribution in [0.1, 0.15) is 226 Å². The molecule has 1 saturated carbocycles. The van der Waals surface area contributed by atoms with Gasteiger partial charge in [-0.15, -0.1) is 0 Å². The predicted molar refractivity (Wildman–Crippen MR) is 232 cm³/mol. The summed E-state index contributed by atoms with van der Waals surface area (Å²) in [6.45, 7) is 6.59. The maximum atomic E-state index is 12.6. The molecule has 8 heteroatoms. The van der Waals surface area contributed by atoms with E-state index in [1.54, 1.807) is 0 Å². The van der Waals surface area contributed by atoms with Crippen molar-refractivity contribution in [2.45, 2.75) is 244 Å². The average molecular weight is 791 g/mol. The number of carbonyl (C=O) groups excluding carboxylic acids is 3. The van der Waals surface area contributed by atoms with Crippen LogP contribution in [0.3, 0.4) is 0 Å². The molecule has 0 spiro atoms. The van der Waals surface area contributed by atoms with Gasteiger partial charge in [0.1, 0.15) is 6.10 Å². The van der Waals surface area contributed by atoms with Gasteiger partial charge < -0.3 is 24.4 Å². The zero-order valence-electron chi connectivity index (χ0n) is 37.2. The van der Waals surface area contributed by atoms with Gasteiger partial charge in [0.05, 0.1) is 13.2 Å². The molecule has 8 nitrogen and oxygen atoms in total. The van der Waals surface area contributed by atoms with E-state index in [1.165, 1.54) is 109 Å². The lowest BCUT2D eigenvalue weighted by Gasteiger charge is -2.18. The minimum absolute atomic E-state index is 0.0184. The van der Waals surface area contributed by atoms with Crippen molar-refractivity contribution >= 4 is 17.9 Å². The van der Waals surface area contributed by atoms with Gasteiger partial charge in [0.15, 0.2) is 0 Å². The Labute approximate surface area is 345 Å². The summed E-state index contributed by atoms with van der Waals surface area (Å²) in [6.07, 6.45) is 36.2. The van der Waals surface area contributed by atoms with Crippen LogP contribution in [-0.4, -0.2) is 74.8 Å². The molecular weight excluding hydrogens is 701 g/mol. The zero-order valence-corrected chi connectivity index (χ0v) is 37.2. The van der Waals surface area contributed by atoms with Crippen molar-refractivity contribution in [2.75, 3.05) is 33.9 Å². The summed E-state index contributed by atoms with van der Waals surface area (Å²) in [6, 6.07) is 1.29. The van der Waals surface area contributed by atoms with Crippen LogP contribution in [0.4, 0.5) is 0 Å². The number of rotatable bonds is 37. The van der Waals surface area contributed by atoms with Crippen LogP contribution in [0.2, 0.25) is 0 Å². The molecule has 0 aromatic carbocycles. The summed E-state index contributed by atoms with van der Waals surface area (Å²) in [5.41, 5.74) is 0. The molecule has 0 amide bonds. The molecule has 1 saturated heterocycles. The Kier molecular flexibility index (Phi) is 30.8. The van der Waals surface area contributed by atoms with Crippen LogP contribution in [0.25, 0.3) is 0 Å². The molecule has 1 heterocycles. The smallest absolute Gasteiger partial charge is 0.306 e. The van der Waals surface area contributed by atoms with E-state index in [0.29, 0.717) is 44.6 Å². The van der Waals surface area contributed by atoms with E-state index in [4.69, 9.17) is 14.2 Å². The summed E-state index contributed by atoms with van der Waals surface area (Å²) in [4.78, 5) is 39.0. The topological polar surface area (TPSA) is 94.2 Å². The molecule has 0 aromatic rings. The van der Waals surface area contributed by atoms with Gasteiger partial charge in [0, 0.05) is 31.3 Å². The molecule has 1 aliphatic carbocycles. The van der Waals surface area contributed by atoms with E-state index in [1.807, 2.05) is 14.1 Å². The predicted octanol–water partition coefficient (Wildman–Crippen LogP) is 12.0. The second-order valence-electron chi connectivity index (χ2n) is 18.0. The summed E-state index contributed by atoms with van der Waals surface area (Å²) in [5, 5.41) is 3.73. The fourth-order valence-electron chi connectivity index (χ4n) is 9.13. The largest absolute Gasteiger partial charge is 0.466 e. The second kappa shape index (κ2) is 34.2. The first-order valence-corrected chi connectivity index (χ1v) is 24.2. The van der Waals surface area contributed by atoms with Gasteiger partial charge in [-0.3, -0.25) is 14.4 Å². The Bertz CT molecular complexity index is 913. The normalized spacial score (nSPS) is 20.1. The van der Waals surface area contributed by atoms with Crippen LogP contribution in [0.15, 0.2) is 0 Å². The molecule has 1 N–H and O–H groups in total. The highest BCUT2D eigenvalue weighted by molar-refractivity contribution is 5.70. The average Bonchev–Trinajstić information content (AvgIpc) is 3.82. The number of nitrogens with one attached hydrogen (secondary N) is 1. The Morgan fingerprint density at radius 2 is 1.00 bits per heavy atom. The van der Waals surface area contributed by atoms with Crippen LogP contribution in [0, 0.1) is 11.8 Å². The second-order valence-corrected chi connectivity index (χ2v) is 18.0. The third kappa shape index (κ3) is 27.9. The Morgan fingerprint density at radius 3 is 1.54 bits per heavy atom. The molecule has 328 valence electrons. The van der Waals surface area contributed by atoms with Crippen LogP contribution >= 0.6 is 0 Å². The van der Waals surface area contributed by atoms with Gasteiger partial charge in [0.2, 0.25) is 0 Å². The minimum Gasteiger partial charge on any atom is -0.466 e. The molecule has 0 radical (unpaired) electrons. The standard InChI is InChI=1S/C48H90N2O6/c1-5-24-41-33-34-42(40-41)26-22-38-54-46(51)30-19-15-11-7-9-13-17-28-45(56-48(53)32-21-37-50(3)4)29-18-14-10-8-12-16-20-31-47(52)55-39-23-27-44-36-35-43(49-44)25-6-2/h41-45,49H,5-40H2,1-4H3. The Morgan fingerprint density at radius 1 is 0.536 bits per heavy atom. The highest BCUT2D eigenvalue weighted by Gasteiger charge is 2.24. The zero-order chi connectivity index (χ0) is 40.5. The number of hydrogen-bond donors (Lipinski definition) is 1. The number of unbranched alkanes of at least 4 members (excludes halogenated alkanes) is 12. The maximum Gasteiger partial charge on any atom is 0.306 e. The first-order chi connectivity index (χ1) is 27.3. The van der Waals surface area contributed by atoms with E-state index in [2.05, 4.69) is 24.1 Å². The first kappa shape index (κ1) is 50.5. The summed E-state index contributed by atoms with van der Waals surface area (Å²) >= 11 is 0. The third-order valence-corrected chi connectivity index (χ3v) is 12.4. The molecule has 2 fully saturated rings. The van der Waals surface area contributed by atoms with Crippen molar-refractivity contribution in [1.29, 1.82) is 0 Å². The van der Waals surface area contributed by atoms with E-state index in [9.17, 15) is 14.4 Å². The van der Waals surface area contributed by atoms with Gasteiger partial charge in [-0.05, 0) is 129 Å². The quantitative estimate of drug-likeness (QED) is 0.0378. The van der Waals surface area contributed by atoms with Crippen molar-refractivity contribution < 1.29 is 28.6 Å². The summed E-state index contributed by atoms with van der Waals surface area (Å²) < 4.78 is 17.0. The van der Waals surface area contributed by atoms with Gasteiger partial charge >= 0.3 is 17.9 Å². The van der Waals surface area contributed by atoms with Crippen molar-refractivity contribution in [3.05, 3.63) is 0 Å². The molecule has 0 bridgehead atoms. The molecule has 2 rings (SSSR count). The molecule has 0 aromatic heterocycles. The summed E-state index contributed by atoms with van der Waals surface area (Å²) in [7, 11) is 4.08. The van der Waals surface area contributed by atoms with Gasteiger partial charge in [0.25, 0.3) is 0 Å². The molecular formula is C48H90N2O6. The lowest BCUT2D eigenvalue weighted by atomic mass is 9.98. The lowest BCUT2D eigenvalue weighted by Crippen LogP contribution is -2.29. The summed E-state index contributed by atoms with van der Waals surface area (Å²) in [5.74, 6) is 1.69. The molecule has 5 unspecified atom stereocenters. The van der Waals surface area contributed by atoms with E-state index >= 15 is 0 Å². The van der Waals surface area contributed by atoms with Crippen LogP contribution in [-0.2, 0) is 28.6 Å². The van der Waals surface area contributed by atoms with Crippen molar-refractivity contribution in [2.24, 2.45) is 11.8 Å². The van der Waals surface area contributed by atoms with Crippen LogP contribution < -0.4 is 5.32 Å². The number of nitrogens with zero attached hydrogens (tertiary/aromatic N) is 1. The van der Waals surface area contributed by atoms with Gasteiger partial charge in [-0.25, -0.2) is 0 Å². The number of hydrogen-bond acceptors (Lipinski definition) is 8. The molecule has 5 atom stereocenters. The van der Waals surface area contributed by atoms with Crippen molar-refractivity contribution in [3.8, 4) is 0 Å². The van der Waals surface area contributed by atoms with Crippen LogP contribution in [0.5, 0.6) is 0 Å². The highest BCUT2D eigenvalue weighted by atomic mass is 16.5. The van der Waals surface area contributed by atoms with Gasteiger partial charge in [-0.1, -0.05) is 110 Å². The number of ether oxygens (including phenoxy) is 3. The number of esters is 3. The van der Waals surface area contributed by atoms with E-state index in [-0.39, 0.29) is 24.0 Å². The van der Waals surface area contributed by atoms with Crippen molar-refractivity contribution in [1.82, 2.24) is 10.2 Å². The fourth-order valence-corrected chi connectivity index (χ4v) is 9.13. The molecule has 56 heavy (non-hydrogen) atoms. The van der Waals surface area contributed by atoms with E-state index in [0.717, 1.165) is 102 Å². The SMILES string of the molecule is CCCC1CCC(CCCOC(=O)CCCCCCCCCC(CCCCCCCCCC(=O)OCCCC2CCC(CCC)N2)OC(=O)CCCN(C)C)C1. The third-order valence-electron chi connectivity index (χ3n) is 12.4. The molecule has 1 aliphatic heterocycles. The molecule has 2 aliphatic rings.